The summed E-state index contributed by atoms with van der Waals surface area (Å²) >= 11 is 0. The minimum Gasteiger partial charge on any atom is -0.415 e. The largest absolute Gasteiger partial charge is 0.415 e. The van der Waals surface area contributed by atoms with E-state index >= 15 is 0 Å². The minimum atomic E-state index is -0.655. The maximum atomic E-state index is 11.0. The second kappa shape index (κ2) is 3.54. The van der Waals surface area contributed by atoms with E-state index in [2.05, 4.69) is 34.6 Å². The van der Waals surface area contributed by atoms with Gasteiger partial charge in [0.25, 0.3) is 0 Å². The molecule has 3 heteroatoms. The molecule has 0 N–H and O–H groups in total. The molecular weight excluding hydrogens is 180 g/mol. The van der Waals surface area contributed by atoms with Gasteiger partial charge in [-0.05, 0) is 12.3 Å². The molecule has 0 aromatic heterocycles. The molecule has 0 spiro atoms. The molecule has 0 bridgehead atoms. The molecule has 0 aromatic rings. The summed E-state index contributed by atoms with van der Waals surface area (Å²) < 4.78 is 5.45. The summed E-state index contributed by atoms with van der Waals surface area (Å²) in [6, 6.07) is 0. The molecule has 0 aliphatic carbocycles. The average molecular weight is 202 g/mol. The van der Waals surface area contributed by atoms with Gasteiger partial charge in [-0.2, -0.15) is 0 Å². The molecular formula is C10H22O2Si. The van der Waals surface area contributed by atoms with E-state index in [4.69, 9.17) is 4.43 Å². The highest BCUT2D eigenvalue weighted by atomic mass is 28.2. The Morgan fingerprint density at radius 2 is 1.46 bits per heavy atom. The maximum absolute atomic E-state index is 11.0. The van der Waals surface area contributed by atoms with Gasteiger partial charge < -0.3 is 9.22 Å². The first-order valence-electron chi connectivity index (χ1n) is 4.64. The van der Waals surface area contributed by atoms with Crippen molar-refractivity contribution in [3.63, 3.8) is 0 Å². The van der Waals surface area contributed by atoms with Crippen molar-refractivity contribution in [3.05, 3.63) is 0 Å². The Hall–Kier alpha value is -0.153. The average Bonchev–Trinajstić information content (AvgIpc) is 2.00. The van der Waals surface area contributed by atoms with Crippen LogP contribution >= 0.6 is 0 Å². The van der Waals surface area contributed by atoms with Gasteiger partial charge in [0.1, 0.15) is 16.1 Å². The van der Waals surface area contributed by atoms with Crippen molar-refractivity contribution in [2.45, 2.75) is 47.1 Å². The lowest BCUT2D eigenvalue weighted by Gasteiger charge is -2.48. The van der Waals surface area contributed by atoms with E-state index in [1.807, 2.05) is 6.92 Å². The SMILES string of the molecule is CC(C)(C)C(C)(C)[C@@](C)(C=O)O[SiH3]. The van der Waals surface area contributed by atoms with E-state index in [1.165, 1.54) is 0 Å². The van der Waals surface area contributed by atoms with E-state index in [0.717, 1.165) is 6.29 Å². The van der Waals surface area contributed by atoms with E-state index in [1.54, 1.807) is 0 Å². The highest BCUT2D eigenvalue weighted by Crippen LogP contribution is 2.46. The lowest BCUT2D eigenvalue weighted by molar-refractivity contribution is -0.139. The molecule has 0 unspecified atom stereocenters. The molecule has 0 saturated heterocycles. The smallest absolute Gasteiger partial charge is 0.150 e. The summed E-state index contributed by atoms with van der Waals surface area (Å²) in [6.45, 7) is 12.4. The van der Waals surface area contributed by atoms with Crippen molar-refractivity contribution < 1.29 is 9.22 Å². The summed E-state index contributed by atoms with van der Waals surface area (Å²) in [4.78, 5) is 11.0. The molecule has 0 aromatic carbocycles. The Kier molecular flexibility index (Phi) is 3.50. The van der Waals surface area contributed by atoms with Crippen LogP contribution in [0.5, 0.6) is 0 Å². The van der Waals surface area contributed by atoms with Gasteiger partial charge in [-0.15, -0.1) is 0 Å². The summed E-state index contributed by atoms with van der Waals surface area (Å²) in [7, 11) is 0.590. The van der Waals surface area contributed by atoms with Gasteiger partial charge in [-0.1, -0.05) is 34.6 Å². The highest BCUT2D eigenvalue weighted by molar-refractivity contribution is 5.99. The van der Waals surface area contributed by atoms with Crippen LogP contribution in [0.4, 0.5) is 0 Å². The molecule has 0 radical (unpaired) electrons. The predicted molar refractivity (Wildman–Crippen MR) is 58.7 cm³/mol. The van der Waals surface area contributed by atoms with E-state index in [9.17, 15) is 4.79 Å². The molecule has 78 valence electrons. The van der Waals surface area contributed by atoms with Crippen molar-refractivity contribution in [2.24, 2.45) is 10.8 Å². The van der Waals surface area contributed by atoms with Gasteiger partial charge in [0.2, 0.25) is 0 Å². The summed E-state index contributed by atoms with van der Waals surface area (Å²) in [5.41, 5.74) is -0.770. The van der Waals surface area contributed by atoms with Crippen LogP contribution in [-0.2, 0) is 9.22 Å². The normalized spacial score (nSPS) is 18.3. The third-order valence-corrected chi connectivity index (χ3v) is 4.61. The number of carbonyl (C=O) groups is 1. The molecule has 0 heterocycles. The zero-order chi connectivity index (χ0) is 10.9. The lowest BCUT2D eigenvalue weighted by atomic mass is 9.61. The van der Waals surface area contributed by atoms with Gasteiger partial charge >= 0.3 is 0 Å². The van der Waals surface area contributed by atoms with Crippen LogP contribution < -0.4 is 0 Å². The van der Waals surface area contributed by atoms with Crippen molar-refractivity contribution >= 4 is 16.8 Å². The van der Waals surface area contributed by atoms with Gasteiger partial charge in [0.05, 0.1) is 0 Å². The van der Waals surface area contributed by atoms with Crippen LogP contribution in [0.1, 0.15) is 41.5 Å². The van der Waals surface area contributed by atoms with Gasteiger partial charge in [0.15, 0.2) is 6.29 Å². The Balaban J connectivity index is 5.12. The monoisotopic (exact) mass is 202 g/mol. The number of aldehydes is 1. The van der Waals surface area contributed by atoms with E-state index < -0.39 is 5.60 Å². The summed E-state index contributed by atoms with van der Waals surface area (Å²) in [6.07, 6.45) is 0.936. The molecule has 0 saturated carbocycles. The fraction of sp³-hybridized carbons (Fsp3) is 0.900. The Bertz CT molecular complexity index is 194. The molecule has 0 aliphatic heterocycles. The molecule has 1 atom stereocenters. The minimum absolute atomic E-state index is 0.0487. The van der Waals surface area contributed by atoms with Crippen molar-refractivity contribution in [1.82, 2.24) is 0 Å². The van der Waals surface area contributed by atoms with Crippen LogP contribution in [-0.4, -0.2) is 22.4 Å². The summed E-state index contributed by atoms with van der Waals surface area (Å²) in [5.74, 6) is 0. The second-order valence-corrected chi connectivity index (χ2v) is 5.71. The predicted octanol–water partition coefficient (Wildman–Crippen LogP) is 1.31. The Labute approximate surface area is 84.6 Å². The van der Waals surface area contributed by atoms with Crippen LogP contribution in [0, 0.1) is 10.8 Å². The van der Waals surface area contributed by atoms with Crippen LogP contribution in [0.3, 0.4) is 0 Å². The van der Waals surface area contributed by atoms with Crippen molar-refractivity contribution in [3.8, 4) is 0 Å². The number of carbonyl (C=O) groups excluding carboxylic acids is 1. The standard InChI is InChI=1S/C10H22O2Si/c1-8(2,3)9(4,5)10(6,7-11)12-13/h7H,1-6,13H3/t10-/m1/s1. The molecule has 0 rings (SSSR count). The lowest BCUT2D eigenvalue weighted by Crippen LogP contribution is -2.52. The second-order valence-electron chi connectivity index (χ2n) is 5.30. The van der Waals surface area contributed by atoms with E-state index in [0.29, 0.717) is 10.5 Å². The number of hydrogen-bond acceptors (Lipinski definition) is 2. The van der Waals surface area contributed by atoms with Gasteiger partial charge in [-0.25, -0.2) is 0 Å². The first-order valence-corrected chi connectivity index (χ1v) is 5.45. The van der Waals surface area contributed by atoms with Crippen molar-refractivity contribution in [1.29, 1.82) is 0 Å². The fourth-order valence-corrected chi connectivity index (χ4v) is 1.80. The number of rotatable bonds is 3. The Morgan fingerprint density at radius 1 is 1.08 bits per heavy atom. The zero-order valence-corrected chi connectivity index (χ0v) is 11.9. The molecule has 0 fully saturated rings. The third-order valence-electron chi connectivity index (χ3n) is 3.76. The van der Waals surface area contributed by atoms with Gasteiger partial charge in [-0.3, -0.25) is 0 Å². The van der Waals surface area contributed by atoms with Crippen LogP contribution in [0.2, 0.25) is 0 Å². The molecule has 2 nitrogen and oxygen atoms in total. The van der Waals surface area contributed by atoms with Gasteiger partial charge in [0, 0.05) is 5.41 Å². The topological polar surface area (TPSA) is 26.3 Å². The molecule has 13 heavy (non-hydrogen) atoms. The zero-order valence-electron chi connectivity index (χ0n) is 9.89. The van der Waals surface area contributed by atoms with Crippen LogP contribution in [0.15, 0.2) is 0 Å². The first-order chi connectivity index (χ1) is 5.62. The molecule has 0 amide bonds. The first kappa shape index (κ1) is 12.8. The van der Waals surface area contributed by atoms with Crippen LogP contribution in [0.25, 0.3) is 0 Å². The van der Waals surface area contributed by atoms with Crippen molar-refractivity contribution in [2.75, 3.05) is 0 Å². The maximum Gasteiger partial charge on any atom is 0.150 e. The fourth-order valence-electron chi connectivity index (χ4n) is 1.20. The quantitative estimate of drug-likeness (QED) is 0.509. The summed E-state index contributed by atoms with van der Waals surface area (Å²) in [5, 5.41) is 0. The van der Waals surface area contributed by atoms with E-state index in [-0.39, 0.29) is 10.8 Å². The highest BCUT2D eigenvalue weighted by Gasteiger charge is 2.48. The molecule has 0 aliphatic rings. The third kappa shape index (κ3) is 2.02. The number of hydrogen-bond donors (Lipinski definition) is 0. The Morgan fingerprint density at radius 3 is 1.54 bits per heavy atom.